The van der Waals surface area contributed by atoms with Crippen molar-refractivity contribution in [1.82, 2.24) is 4.90 Å². The van der Waals surface area contributed by atoms with Crippen LogP contribution in [0.3, 0.4) is 0 Å². The number of hydrogen-bond acceptors (Lipinski definition) is 3. The van der Waals surface area contributed by atoms with E-state index in [9.17, 15) is 14.3 Å². The van der Waals surface area contributed by atoms with Gasteiger partial charge in [-0.05, 0) is 38.1 Å². The average molecular weight is 331 g/mol. The lowest BCUT2D eigenvalue weighted by Crippen LogP contribution is -2.30. The van der Waals surface area contributed by atoms with Gasteiger partial charge in [-0.25, -0.2) is 4.39 Å². The molecule has 1 atom stereocenters. The van der Waals surface area contributed by atoms with E-state index in [-0.39, 0.29) is 18.1 Å². The van der Waals surface area contributed by atoms with Gasteiger partial charge >= 0.3 is 0 Å². The molecule has 4 nitrogen and oxygen atoms in total. The summed E-state index contributed by atoms with van der Waals surface area (Å²) in [5.41, 5.74) is 0.712. The summed E-state index contributed by atoms with van der Waals surface area (Å²) in [7, 11) is 0. The predicted molar refractivity (Wildman–Crippen MR) is 90.5 cm³/mol. The van der Waals surface area contributed by atoms with Gasteiger partial charge in [0.25, 0.3) is 5.91 Å². The highest BCUT2D eigenvalue weighted by Gasteiger charge is 2.15. The van der Waals surface area contributed by atoms with Crippen LogP contribution in [-0.2, 0) is 0 Å². The van der Waals surface area contributed by atoms with E-state index in [4.69, 9.17) is 4.74 Å². The number of hydrogen-bond donors (Lipinski definition) is 1. The average Bonchev–Trinajstić information content (AvgIpc) is 2.61. The summed E-state index contributed by atoms with van der Waals surface area (Å²) in [5.74, 6) is -0.0810. The highest BCUT2D eigenvalue weighted by molar-refractivity contribution is 5.94. The lowest BCUT2D eigenvalue weighted by Gasteiger charge is -2.19. The fraction of sp³-hybridized carbons (Fsp3) is 0.316. The topological polar surface area (TPSA) is 49.8 Å². The molecule has 2 aromatic carbocycles. The van der Waals surface area contributed by atoms with Crippen molar-refractivity contribution < 1.29 is 19.0 Å². The van der Waals surface area contributed by atoms with Gasteiger partial charge in [0.1, 0.15) is 24.3 Å². The number of carbonyl (C=O) groups excluding carboxylic acids is 1. The molecule has 0 saturated heterocycles. The van der Waals surface area contributed by atoms with Crippen LogP contribution in [-0.4, -0.2) is 35.6 Å². The fourth-order valence-electron chi connectivity index (χ4n) is 2.42. The van der Waals surface area contributed by atoms with Crippen LogP contribution < -0.4 is 4.74 Å². The first-order chi connectivity index (χ1) is 11.6. The molecule has 0 bridgehead atoms. The third-order valence-corrected chi connectivity index (χ3v) is 3.80. The molecule has 24 heavy (non-hydrogen) atoms. The van der Waals surface area contributed by atoms with Crippen molar-refractivity contribution in [2.45, 2.75) is 20.0 Å². The maximum atomic E-state index is 13.6. The molecule has 0 saturated carbocycles. The molecule has 2 rings (SSSR count). The Labute approximate surface area is 141 Å². The van der Waals surface area contributed by atoms with Crippen LogP contribution in [0.5, 0.6) is 5.75 Å². The summed E-state index contributed by atoms with van der Waals surface area (Å²) in [6.45, 7) is 5.02. The van der Waals surface area contributed by atoms with Gasteiger partial charge in [-0.2, -0.15) is 0 Å². The highest BCUT2D eigenvalue weighted by Crippen LogP contribution is 2.20. The van der Waals surface area contributed by atoms with E-state index in [0.717, 1.165) is 0 Å². The summed E-state index contributed by atoms with van der Waals surface area (Å²) >= 11 is 0. The fourth-order valence-corrected chi connectivity index (χ4v) is 2.42. The zero-order valence-electron chi connectivity index (χ0n) is 13.9. The summed E-state index contributed by atoms with van der Waals surface area (Å²) in [6, 6.07) is 12.8. The van der Waals surface area contributed by atoms with Crippen molar-refractivity contribution in [2.24, 2.45) is 0 Å². The lowest BCUT2D eigenvalue weighted by atomic mass is 10.1. The second-order valence-electron chi connectivity index (χ2n) is 5.35. The van der Waals surface area contributed by atoms with Crippen LogP contribution in [0, 0.1) is 5.82 Å². The smallest absolute Gasteiger partial charge is 0.253 e. The highest BCUT2D eigenvalue weighted by atomic mass is 19.1. The van der Waals surface area contributed by atoms with Gasteiger partial charge in [0.2, 0.25) is 0 Å². The zero-order valence-corrected chi connectivity index (χ0v) is 13.9. The van der Waals surface area contributed by atoms with Crippen molar-refractivity contribution in [3.63, 3.8) is 0 Å². The molecule has 0 aliphatic carbocycles. The van der Waals surface area contributed by atoms with E-state index in [1.807, 2.05) is 13.8 Å². The van der Waals surface area contributed by atoms with Crippen LogP contribution >= 0.6 is 0 Å². The number of carbonyl (C=O) groups is 1. The van der Waals surface area contributed by atoms with E-state index in [2.05, 4.69) is 0 Å². The Kier molecular flexibility index (Phi) is 6.32. The molecule has 128 valence electrons. The maximum Gasteiger partial charge on any atom is 0.253 e. The molecule has 0 aliphatic rings. The van der Waals surface area contributed by atoms with E-state index in [1.165, 1.54) is 12.1 Å². The predicted octanol–water partition coefficient (Wildman–Crippen LogP) is 3.42. The third-order valence-electron chi connectivity index (χ3n) is 3.80. The molecule has 0 radical (unpaired) electrons. The number of ether oxygens (including phenoxy) is 1. The molecule has 1 amide bonds. The van der Waals surface area contributed by atoms with Crippen molar-refractivity contribution in [3.05, 3.63) is 65.5 Å². The number of aliphatic hydroxyl groups is 1. The number of nitrogens with zero attached hydrogens (tertiary/aromatic N) is 1. The molecule has 0 aromatic heterocycles. The minimum atomic E-state index is -1.08. The molecule has 0 spiro atoms. The third kappa shape index (κ3) is 4.32. The Hall–Kier alpha value is -2.40. The van der Waals surface area contributed by atoms with Gasteiger partial charge in [0.15, 0.2) is 0 Å². The summed E-state index contributed by atoms with van der Waals surface area (Å²) in [6.07, 6.45) is -1.08. The molecular formula is C19H22FNO3. The maximum absolute atomic E-state index is 13.6. The van der Waals surface area contributed by atoms with Gasteiger partial charge in [0.05, 0.1) is 0 Å². The number of aliphatic hydroxyl groups excluding tert-OH is 1. The molecule has 0 heterocycles. The Bertz CT molecular complexity index is 686. The first-order valence-corrected chi connectivity index (χ1v) is 8.01. The van der Waals surface area contributed by atoms with E-state index in [1.54, 1.807) is 41.3 Å². The quantitative estimate of drug-likeness (QED) is 0.846. The minimum Gasteiger partial charge on any atom is -0.491 e. The van der Waals surface area contributed by atoms with Crippen LogP contribution in [0.2, 0.25) is 0 Å². The Morgan fingerprint density at radius 3 is 2.54 bits per heavy atom. The molecule has 0 aliphatic heterocycles. The van der Waals surface area contributed by atoms with E-state index < -0.39 is 11.9 Å². The van der Waals surface area contributed by atoms with Crippen LogP contribution in [0.15, 0.2) is 48.5 Å². The number of rotatable bonds is 7. The SMILES string of the molecule is CCN(CC)C(=O)c1cccc(OCC(O)c2ccccc2F)c1. The first-order valence-electron chi connectivity index (χ1n) is 8.01. The molecule has 5 heteroatoms. The molecule has 2 aromatic rings. The van der Waals surface area contributed by atoms with Gasteiger partial charge in [-0.1, -0.05) is 24.3 Å². The van der Waals surface area contributed by atoms with Crippen LogP contribution in [0.25, 0.3) is 0 Å². The number of halogens is 1. The van der Waals surface area contributed by atoms with E-state index in [0.29, 0.717) is 24.4 Å². The summed E-state index contributed by atoms with van der Waals surface area (Å²) < 4.78 is 19.2. The molecule has 0 fully saturated rings. The second kappa shape index (κ2) is 8.45. The molecule has 1 N–H and O–H groups in total. The standard InChI is InChI=1S/C19H22FNO3/c1-3-21(4-2)19(23)14-8-7-9-15(12-14)24-13-18(22)16-10-5-6-11-17(16)20/h5-12,18,22H,3-4,13H2,1-2H3. The molecular weight excluding hydrogens is 309 g/mol. The number of benzene rings is 2. The summed E-state index contributed by atoms with van der Waals surface area (Å²) in [4.78, 5) is 14.1. The van der Waals surface area contributed by atoms with Crippen LogP contribution in [0.1, 0.15) is 35.9 Å². The Balaban J connectivity index is 2.05. The van der Waals surface area contributed by atoms with Crippen molar-refractivity contribution in [2.75, 3.05) is 19.7 Å². The van der Waals surface area contributed by atoms with Crippen molar-refractivity contribution in [1.29, 1.82) is 0 Å². The van der Waals surface area contributed by atoms with Gasteiger partial charge in [-0.15, -0.1) is 0 Å². The van der Waals surface area contributed by atoms with Crippen LogP contribution in [0.4, 0.5) is 4.39 Å². The monoisotopic (exact) mass is 331 g/mol. The largest absolute Gasteiger partial charge is 0.491 e. The normalized spacial score (nSPS) is 11.8. The Morgan fingerprint density at radius 2 is 1.88 bits per heavy atom. The number of amides is 1. The van der Waals surface area contributed by atoms with E-state index >= 15 is 0 Å². The van der Waals surface area contributed by atoms with Gasteiger partial charge in [-0.3, -0.25) is 4.79 Å². The summed E-state index contributed by atoms with van der Waals surface area (Å²) in [5, 5.41) is 10.1. The van der Waals surface area contributed by atoms with Crippen molar-refractivity contribution >= 4 is 5.91 Å². The molecule has 1 unspecified atom stereocenters. The second-order valence-corrected chi connectivity index (χ2v) is 5.35. The van der Waals surface area contributed by atoms with Gasteiger partial charge in [0, 0.05) is 24.2 Å². The van der Waals surface area contributed by atoms with Gasteiger partial charge < -0.3 is 14.7 Å². The lowest BCUT2D eigenvalue weighted by molar-refractivity contribution is 0.0772. The minimum absolute atomic E-state index is 0.0693. The first kappa shape index (κ1) is 17.9. The van der Waals surface area contributed by atoms with Crippen molar-refractivity contribution in [3.8, 4) is 5.75 Å². The Morgan fingerprint density at radius 1 is 1.17 bits per heavy atom. The zero-order chi connectivity index (χ0) is 17.5.